The number of nitrogens with one attached hydrogen (secondary N) is 1. The first-order chi connectivity index (χ1) is 8.24. The molecule has 0 amide bonds. The summed E-state index contributed by atoms with van der Waals surface area (Å²) in [6.07, 6.45) is 2.31. The number of nitrogens with two attached hydrogens (primary N) is 1. The van der Waals surface area contributed by atoms with Crippen LogP contribution in [0.5, 0.6) is 0 Å². The summed E-state index contributed by atoms with van der Waals surface area (Å²) < 4.78 is 6.86. The normalized spacial score (nSPS) is 22.4. The summed E-state index contributed by atoms with van der Waals surface area (Å²) in [6.45, 7) is 3.83. The Morgan fingerprint density at radius 3 is 3.00 bits per heavy atom. The first-order valence-electron chi connectivity index (χ1n) is 6.03. The SMILES string of the molecule is Cc1cccc(C(NN)C2CCCOC2)c1I. The number of hydrogen-bond acceptors (Lipinski definition) is 3. The van der Waals surface area contributed by atoms with E-state index in [0.29, 0.717) is 5.92 Å². The molecule has 17 heavy (non-hydrogen) atoms. The molecule has 1 aliphatic rings. The Labute approximate surface area is 116 Å². The maximum Gasteiger partial charge on any atom is 0.0520 e. The lowest BCUT2D eigenvalue weighted by Gasteiger charge is -2.30. The fourth-order valence-electron chi connectivity index (χ4n) is 2.42. The van der Waals surface area contributed by atoms with Gasteiger partial charge in [0, 0.05) is 16.1 Å². The van der Waals surface area contributed by atoms with Crippen molar-refractivity contribution in [3.8, 4) is 0 Å². The lowest BCUT2D eigenvalue weighted by atomic mass is 9.88. The van der Waals surface area contributed by atoms with E-state index in [0.717, 1.165) is 19.6 Å². The van der Waals surface area contributed by atoms with Crippen LogP contribution < -0.4 is 11.3 Å². The van der Waals surface area contributed by atoms with E-state index in [2.05, 4.69) is 53.1 Å². The monoisotopic (exact) mass is 346 g/mol. The molecule has 0 spiro atoms. The third-order valence-corrected chi connectivity index (χ3v) is 4.88. The highest BCUT2D eigenvalue weighted by Crippen LogP contribution is 2.31. The fraction of sp³-hybridized carbons (Fsp3) is 0.538. The smallest absolute Gasteiger partial charge is 0.0520 e. The largest absolute Gasteiger partial charge is 0.381 e. The molecule has 2 atom stereocenters. The fourth-order valence-corrected chi connectivity index (χ4v) is 3.11. The number of aryl methyl sites for hydroxylation is 1. The van der Waals surface area contributed by atoms with Crippen LogP contribution in [0.2, 0.25) is 0 Å². The third kappa shape index (κ3) is 2.99. The van der Waals surface area contributed by atoms with Gasteiger partial charge in [0.05, 0.1) is 12.6 Å². The summed E-state index contributed by atoms with van der Waals surface area (Å²) in [5.74, 6) is 6.22. The zero-order valence-corrected chi connectivity index (χ0v) is 12.2. The topological polar surface area (TPSA) is 47.3 Å². The van der Waals surface area contributed by atoms with Gasteiger partial charge in [-0.05, 0) is 53.5 Å². The Morgan fingerprint density at radius 2 is 2.35 bits per heavy atom. The third-order valence-electron chi connectivity index (χ3n) is 3.40. The van der Waals surface area contributed by atoms with Crippen LogP contribution in [-0.2, 0) is 4.74 Å². The zero-order chi connectivity index (χ0) is 12.3. The molecule has 1 saturated heterocycles. The van der Waals surface area contributed by atoms with Crippen molar-refractivity contribution in [2.45, 2.75) is 25.8 Å². The van der Waals surface area contributed by atoms with Crippen LogP contribution in [0.25, 0.3) is 0 Å². The van der Waals surface area contributed by atoms with Crippen LogP contribution in [0.3, 0.4) is 0 Å². The molecule has 0 saturated carbocycles. The van der Waals surface area contributed by atoms with Gasteiger partial charge in [-0.2, -0.15) is 0 Å². The number of halogens is 1. The summed E-state index contributed by atoms with van der Waals surface area (Å²) in [7, 11) is 0. The Kier molecular flexibility index (Phi) is 4.78. The summed E-state index contributed by atoms with van der Waals surface area (Å²) >= 11 is 2.40. The van der Waals surface area contributed by atoms with Gasteiger partial charge in [-0.3, -0.25) is 11.3 Å². The number of hydrogen-bond donors (Lipinski definition) is 2. The van der Waals surface area contributed by atoms with Crippen LogP contribution in [-0.4, -0.2) is 13.2 Å². The highest BCUT2D eigenvalue weighted by Gasteiger charge is 2.26. The van der Waals surface area contributed by atoms with Crippen molar-refractivity contribution in [2.75, 3.05) is 13.2 Å². The Bertz CT molecular complexity index is 378. The van der Waals surface area contributed by atoms with Gasteiger partial charge in [-0.25, -0.2) is 0 Å². The van der Waals surface area contributed by atoms with Gasteiger partial charge in [0.2, 0.25) is 0 Å². The molecular weight excluding hydrogens is 327 g/mol. The number of ether oxygens (including phenoxy) is 1. The van der Waals surface area contributed by atoms with E-state index in [9.17, 15) is 0 Å². The second kappa shape index (κ2) is 6.13. The van der Waals surface area contributed by atoms with Crippen molar-refractivity contribution in [2.24, 2.45) is 11.8 Å². The minimum absolute atomic E-state index is 0.196. The molecule has 3 nitrogen and oxygen atoms in total. The van der Waals surface area contributed by atoms with Gasteiger partial charge in [-0.1, -0.05) is 18.2 Å². The van der Waals surface area contributed by atoms with Crippen molar-refractivity contribution < 1.29 is 4.74 Å². The molecule has 1 heterocycles. The summed E-state index contributed by atoms with van der Waals surface area (Å²) in [5.41, 5.74) is 5.57. The lowest BCUT2D eigenvalue weighted by Crippen LogP contribution is -2.37. The molecule has 4 heteroatoms. The Balaban J connectivity index is 2.24. The average molecular weight is 346 g/mol. The van der Waals surface area contributed by atoms with E-state index in [1.54, 1.807) is 0 Å². The quantitative estimate of drug-likeness (QED) is 0.502. The molecule has 1 aromatic rings. The van der Waals surface area contributed by atoms with E-state index >= 15 is 0 Å². The minimum atomic E-state index is 0.196. The lowest BCUT2D eigenvalue weighted by molar-refractivity contribution is 0.0389. The minimum Gasteiger partial charge on any atom is -0.381 e. The van der Waals surface area contributed by atoms with Crippen molar-refractivity contribution in [1.29, 1.82) is 0 Å². The van der Waals surface area contributed by atoms with E-state index in [4.69, 9.17) is 10.6 Å². The predicted octanol–water partition coefficient (Wildman–Crippen LogP) is 2.53. The predicted molar refractivity (Wildman–Crippen MR) is 77.5 cm³/mol. The molecule has 0 radical (unpaired) electrons. The van der Waals surface area contributed by atoms with Gasteiger partial charge < -0.3 is 4.74 Å². The molecule has 0 bridgehead atoms. The number of rotatable bonds is 3. The van der Waals surface area contributed by atoms with Crippen LogP contribution in [0, 0.1) is 16.4 Å². The highest BCUT2D eigenvalue weighted by molar-refractivity contribution is 14.1. The zero-order valence-electron chi connectivity index (χ0n) is 10.1. The van der Waals surface area contributed by atoms with Crippen LogP contribution in [0.1, 0.15) is 30.0 Å². The molecule has 94 valence electrons. The van der Waals surface area contributed by atoms with Crippen molar-refractivity contribution in [3.63, 3.8) is 0 Å². The molecular formula is C13H19IN2O. The maximum atomic E-state index is 5.75. The molecule has 3 N–H and O–H groups in total. The second-order valence-electron chi connectivity index (χ2n) is 4.60. The number of benzene rings is 1. The number of hydrazine groups is 1. The molecule has 1 aromatic carbocycles. The first kappa shape index (κ1) is 13.3. The van der Waals surface area contributed by atoms with Gasteiger partial charge in [-0.15, -0.1) is 0 Å². The summed E-state index contributed by atoms with van der Waals surface area (Å²) in [4.78, 5) is 0. The molecule has 0 aliphatic carbocycles. The van der Waals surface area contributed by atoms with E-state index in [1.807, 2.05) is 0 Å². The molecule has 0 aromatic heterocycles. The highest BCUT2D eigenvalue weighted by atomic mass is 127. The van der Waals surface area contributed by atoms with Crippen LogP contribution >= 0.6 is 22.6 Å². The van der Waals surface area contributed by atoms with Gasteiger partial charge >= 0.3 is 0 Å². The first-order valence-corrected chi connectivity index (χ1v) is 7.10. The average Bonchev–Trinajstić information content (AvgIpc) is 2.37. The standard InChI is InChI=1S/C13H19IN2O/c1-9-4-2-6-11(12(9)14)13(16-15)10-5-3-7-17-8-10/h2,4,6,10,13,16H,3,5,7-8,15H2,1H3. The van der Waals surface area contributed by atoms with Crippen molar-refractivity contribution >= 4 is 22.6 Å². The van der Waals surface area contributed by atoms with E-state index < -0.39 is 0 Å². The second-order valence-corrected chi connectivity index (χ2v) is 5.68. The van der Waals surface area contributed by atoms with Gasteiger partial charge in [0.15, 0.2) is 0 Å². The van der Waals surface area contributed by atoms with Crippen molar-refractivity contribution in [1.82, 2.24) is 5.43 Å². The van der Waals surface area contributed by atoms with E-state index in [1.165, 1.54) is 21.1 Å². The molecule has 1 fully saturated rings. The Morgan fingerprint density at radius 1 is 1.53 bits per heavy atom. The van der Waals surface area contributed by atoms with Gasteiger partial charge in [0.1, 0.15) is 0 Å². The summed E-state index contributed by atoms with van der Waals surface area (Å²) in [5, 5.41) is 0. The maximum absolute atomic E-state index is 5.75. The van der Waals surface area contributed by atoms with Crippen LogP contribution in [0.15, 0.2) is 18.2 Å². The molecule has 2 rings (SSSR count). The van der Waals surface area contributed by atoms with E-state index in [-0.39, 0.29) is 6.04 Å². The molecule has 1 aliphatic heterocycles. The van der Waals surface area contributed by atoms with Gasteiger partial charge in [0.25, 0.3) is 0 Å². The van der Waals surface area contributed by atoms with Crippen LogP contribution in [0.4, 0.5) is 0 Å². The summed E-state index contributed by atoms with van der Waals surface area (Å²) in [6, 6.07) is 6.59. The van der Waals surface area contributed by atoms with Crippen molar-refractivity contribution in [3.05, 3.63) is 32.9 Å². The Hall–Kier alpha value is -0.170. The molecule has 2 unspecified atom stereocenters.